The molecule has 0 aliphatic heterocycles. The smallest absolute Gasteiger partial charge is 0.320 e. The summed E-state index contributed by atoms with van der Waals surface area (Å²) in [6.45, 7) is 0. The molecular formula is C17H18F3N5O. The maximum atomic E-state index is 13.6. The molecule has 1 aromatic carbocycles. The predicted molar refractivity (Wildman–Crippen MR) is 90.7 cm³/mol. The Balaban J connectivity index is 1.58. The Kier molecular flexibility index (Phi) is 5.55. The Morgan fingerprint density at radius 1 is 0.923 bits per heavy atom. The molecule has 26 heavy (non-hydrogen) atoms. The van der Waals surface area contributed by atoms with Gasteiger partial charge in [-0.25, -0.2) is 18.0 Å². The van der Waals surface area contributed by atoms with Crippen molar-refractivity contribution in [1.82, 2.24) is 15.5 Å². The van der Waals surface area contributed by atoms with E-state index < -0.39 is 17.5 Å². The zero-order valence-corrected chi connectivity index (χ0v) is 13.9. The van der Waals surface area contributed by atoms with Gasteiger partial charge in [0.2, 0.25) is 0 Å². The number of carbonyl (C=O) groups is 1. The molecule has 1 heterocycles. The molecule has 1 fully saturated rings. The average molecular weight is 365 g/mol. The fourth-order valence-corrected chi connectivity index (χ4v) is 2.81. The number of halogens is 3. The van der Waals surface area contributed by atoms with Crippen LogP contribution < -0.4 is 16.0 Å². The summed E-state index contributed by atoms with van der Waals surface area (Å²) in [6, 6.07) is 4.56. The van der Waals surface area contributed by atoms with Gasteiger partial charge in [-0.1, -0.05) is 19.3 Å². The Bertz CT molecular complexity index is 779. The molecule has 1 saturated carbocycles. The van der Waals surface area contributed by atoms with Crippen molar-refractivity contribution in [3.05, 3.63) is 41.7 Å². The van der Waals surface area contributed by atoms with E-state index in [0.29, 0.717) is 0 Å². The largest absolute Gasteiger partial charge is 0.336 e. The van der Waals surface area contributed by atoms with Crippen molar-refractivity contribution in [1.29, 1.82) is 0 Å². The summed E-state index contributed by atoms with van der Waals surface area (Å²) in [5.74, 6) is -3.85. The number of anilines is 3. The number of nitrogens with zero attached hydrogens (tertiary/aromatic N) is 2. The van der Waals surface area contributed by atoms with Gasteiger partial charge in [0.1, 0.15) is 0 Å². The topological polar surface area (TPSA) is 78.9 Å². The van der Waals surface area contributed by atoms with E-state index in [1.807, 2.05) is 0 Å². The number of aromatic nitrogens is 2. The molecular weight excluding hydrogens is 347 g/mol. The first-order valence-electron chi connectivity index (χ1n) is 8.34. The second-order valence-corrected chi connectivity index (χ2v) is 6.09. The molecule has 3 rings (SSSR count). The number of benzene rings is 1. The number of urea groups is 1. The molecule has 0 atom stereocenters. The summed E-state index contributed by atoms with van der Waals surface area (Å²) in [6.07, 6.45) is 5.32. The van der Waals surface area contributed by atoms with E-state index in [1.54, 1.807) is 0 Å². The van der Waals surface area contributed by atoms with Crippen molar-refractivity contribution in [2.24, 2.45) is 0 Å². The van der Waals surface area contributed by atoms with Gasteiger partial charge in [0.15, 0.2) is 29.1 Å². The molecule has 0 bridgehead atoms. The molecule has 0 saturated heterocycles. The highest BCUT2D eigenvalue weighted by atomic mass is 19.2. The maximum Gasteiger partial charge on any atom is 0.320 e. The molecule has 9 heteroatoms. The molecule has 138 valence electrons. The average Bonchev–Trinajstić information content (AvgIpc) is 2.64. The van der Waals surface area contributed by atoms with Crippen LogP contribution in [0.4, 0.5) is 35.3 Å². The summed E-state index contributed by atoms with van der Waals surface area (Å²) >= 11 is 0. The monoisotopic (exact) mass is 365 g/mol. The lowest BCUT2D eigenvalue weighted by Gasteiger charge is -2.22. The molecule has 6 nitrogen and oxygen atoms in total. The van der Waals surface area contributed by atoms with Crippen LogP contribution in [0.15, 0.2) is 24.3 Å². The van der Waals surface area contributed by atoms with E-state index in [2.05, 4.69) is 26.1 Å². The third-order valence-corrected chi connectivity index (χ3v) is 4.14. The molecule has 3 N–H and O–H groups in total. The van der Waals surface area contributed by atoms with Crippen molar-refractivity contribution < 1.29 is 18.0 Å². The van der Waals surface area contributed by atoms with Gasteiger partial charge in [0, 0.05) is 6.04 Å². The number of hydrogen-bond acceptors (Lipinski definition) is 4. The number of nitrogens with one attached hydrogen (secondary N) is 3. The second kappa shape index (κ2) is 8.03. The van der Waals surface area contributed by atoms with E-state index in [1.165, 1.54) is 18.6 Å². The minimum atomic E-state index is -1.57. The molecule has 0 radical (unpaired) electrons. The lowest BCUT2D eigenvalue weighted by atomic mass is 9.96. The van der Waals surface area contributed by atoms with Crippen molar-refractivity contribution in [3.63, 3.8) is 0 Å². The van der Waals surface area contributed by atoms with Crippen LogP contribution in [0.2, 0.25) is 0 Å². The number of carbonyl (C=O) groups excluding carboxylic acids is 1. The Morgan fingerprint density at radius 3 is 2.31 bits per heavy atom. The quantitative estimate of drug-likeness (QED) is 0.713. The molecule has 2 amide bonds. The Labute approximate surface area is 148 Å². The summed E-state index contributed by atoms with van der Waals surface area (Å²) in [4.78, 5) is 11.9. The lowest BCUT2D eigenvalue weighted by molar-refractivity contribution is 0.244. The molecule has 1 aliphatic carbocycles. The van der Waals surface area contributed by atoms with Crippen molar-refractivity contribution in [2.45, 2.75) is 38.1 Å². The van der Waals surface area contributed by atoms with E-state index in [-0.39, 0.29) is 29.4 Å². The molecule has 1 aromatic heterocycles. The molecule has 0 unspecified atom stereocenters. The van der Waals surface area contributed by atoms with Crippen LogP contribution in [0, 0.1) is 17.5 Å². The summed E-state index contributed by atoms with van der Waals surface area (Å²) in [7, 11) is 0. The second-order valence-electron chi connectivity index (χ2n) is 6.09. The van der Waals surface area contributed by atoms with Crippen LogP contribution in [-0.4, -0.2) is 22.3 Å². The van der Waals surface area contributed by atoms with Crippen molar-refractivity contribution >= 4 is 23.4 Å². The van der Waals surface area contributed by atoms with Crippen molar-refractivity contribution in [3.8, 4) is 0 Å². The zero-order chi connectivity index (χ0) is 18.5. The highest BCUT2D eigenvalue weighted by molar-refractivity contribution is 5.88. The van der Waals surface area contributed by atoms with Crippen LogP contribution in [0.3, 0.4) is 0 Å². The number of amides is 2. The Hall–Kier alpha value is -2.84. The minimum absolute atomic E-state index is 0.119. The van der Waals surface area contributed by atoms with Gasteiger partial charge in [-0.2, -0.15) is 0 Å². The van der Waals surface area contributed by atoms with Gasteiger partial charge in [-0.3, -0.25) is 5.32 Å². The Morgan fingerprint density at radius 2 is 1.62 bits per heavy atom. The maximum absolute atomic E-state index is 13.6. The predicted octanol–water partition coefficient (Wildman–Crippen LogP) is 4.09. The normalized spacial score (nSPS) is 14.7. The first kappa shape index (κ1) is 18.0. The van der Waals surface area contributed by atoms with E-state index in [4.69, 9.17) is 0 Å². The highest BCUT2D eigenvalue weighted by Crippen LogP contribution is 2.22. The van der Waals surface area contributed by atoms with E-state index in [9.17, 15) is 18.0 Å². The summed E-state index contributed by atoms with van der Waals surface area (Å²) in [5.41, 5.74) is -0.269. The molecule has 1 aliphatic rings. The van der Waals surface area contributed by atoms with Gasteiger partial charge in [0.05, 0.1) is 5.69 Å². The third-order valence-electron chi connectivity index (χ3n) is 4.14. The standard InChI is InChI=1S/C17H18F3N5O/c18-11-6-7-12(16(20)15(11)19)22-13-8-9-14(25-24-13)23-17(26)21-10-4-2-1-3-5-10/h6-10H,1-5H2,(H,22,24)(H2,21,23,25,26). The van der Waals surface area contributed by atoms with Crippen LogP contribution in [0.1, 0.15) is 32.1 Å². The first-order valence-corrected chi connectivity index (χ1v) is 8.34. The lowest BCUT2D eigenvalue weighted by Crippen LogP contribution is -2.39. The van der Waals surface area contributed by atoms with Gasteiger partial charge in [0.25, 0.3) is 0 Å². The fourth-order valence-electron chi connectivity index (χ4n) is 2.81. The zero-order valence-electron chi connectivity index (χ0n) is 13.9. The SMILES string of the molecule is O=C(Nc1ccc(Nc2ccc(F)c(F)c2F)nn1)NC1CCCCC1. The number of hydrogen-bond donors (Lipinski definition) is 3. The van der Waals surface area contributed by atoms with Gasteiger partial charge < -0.3 is 10.6 Å². The molecule has 2 aromatic rings. The van der Waals surface area contributed by atoms with Crippen LogP contribution in [0.25, 0.3) is 0 Å². The van der Waals surface area contributed by atoms with Gasteiger partial charge in [-0.05, 0) is 37.1 Å². The first-order chi connectivity index (χ1) is 12.5. The van der Waals surface area contributed by atoms with Crippen LogP contribution in [-0.2, 0) is 0 Å². The van der Waals surface area contributed by atoms with Gasteiger partial charge >= 0.3 is 6.03 Å². The van der Waals surface area contributed by atoms with Crippen LogP contribution in [0.5, 0.6) is 0 Å². The third kappa shape index (κ3) is 4.41. The summed E-state index contributed by atoms with van der Waals surface area (Å²) in [5, 5.41) is 15.5. The minimum Gasteiger partial charge on any atom is -0.336 e. The van der Waals surface area contributed by atoms with Gasteiger partial charge in [-0.15, -0.1) is 10.2 Å². The number of rotatable bonds is 4. The van der Waals surface area contributed by atoms with Crippen LogP contribution >= 0.6 is 0 Å². The fraction of sp³-hybridized carbons (Fsp3) is 0.353. The molecule has 0 spiro atoms. The van der Waals surface area contributed by atoms with E-state index >= 15 is 0 Å². The highest BCUT2D eigenvalue weighted by Gasteiger charge is 2.16. The van der Waals surface area contributed by atoms with Crippen molar-refractivity contribution in [2.75, 3.05) is 10.6 Å². The summed E-state index contributed by atoms with van der Waals surface area (Å²) < 4.78 is 39.8. The van der Waals surface area contributed by atoms with E-state index in [0.717, 1.165) is 37.8 Å².